The Hall–Kier alpha value is -4.46. The highest BCUT2D eigenvalue weighted by molar-refractivity contribution is 6.14. The van der Waals surface area contributed by atoms with Gasteiger partial charge in [0.05, 0.1) is 39.6 Å². The molecule has 3 aromatic rings. The Morgan fingerprint density at radius 1 is 0.794 bits per heavy atom. The summed E-state index contributed by atoms with van der Waals surface area (Å²) >= 11 is 0. The first-order valence-corrected chi connectivity index (χ1v) is 10.2. The molecule has 0 fully saturated rings. The topological polar surface area (TPSA) is 89.5 Å². The fraction of sp³-hybridized carbons (Fsp3) is 0.154. The molecule has 0 amide bonds. The molecule has 0 unspecified atom stereocenters. The summed E-state index contributed by atoms with van der Waals surface area (Å²) < 4.78 is 32.4. The number of hydrogen-bond acceptors (Lipinski definition) is 8. The highest BCUT2D eigenvalue weighted by Crippen LogP contribution is 2.39. The van der Waals surface area contributed by atoms with E-state index in [1.54, 1.807) is 48.5 Å². The van der Waals surface area contributed by atoms with Crippen LogP contribution >= 0.6 is 0 Å². The number of fused-ring (bicyclic) bond motifs is 1. The molecule has 4 rings (SSSR count). The molecule has 34 heavy (non-hydrogen) atoms. The molecule has 0 atom stereocenters. The van der Waals surface area contributed by atoms with E-state index in [9.17, 15) is 9.59 Å². The number of Topliss-reactive ketones (excluding diaryl/α,β-unsaturated/α-hetero) is 1. The summed E-state index contributed by atoms with van der Waals surface area (Å²) in [6.45, 7) is 0. The van der Waals surface area contributed by atoms with Crippen LogP contribution in [0.1, 0.15) is 26.3 Å². The SMILES string of the molecule is COc1cccc(C(=O)Oc2ccc3c(c2)OC(=Cc2cc(OC)c(OC)cc2OC)C3=O)c1. The van der Waals surface area contributed by atoms with E-state index in [1.807, 2.05) is 0 Å². The third-order valence-corrected chi connectivity index (χ3v) is 5.18. The van der Waals surface area contributed by atoms with Gasteiger partial charge in [-0.15, -0.1) is 0 Å². The average molecular weight is 462 g/mol. The van der Waals surface area contributed by atoms with Gasteiger partial charge in [-0.2, -0.15) is 0 Å². The van der Waals surface area contributed by atoms with Crippen LogP contribution in [0.5, 0.6) is 34.5 Å². The van der Waals surface area contributed by atoms with Crippen LogP contribution in [0.4, 0.5) is 0 Å². The summed E-state index contributed by atoms with van der Waals surface area (Å²) in [4.78, 5) is 25.4. The summed E-state index contributed by atoms with van der Waals surface area (Å²) in [6, 6.07) is 14.6. The summed E-state index contributed by atoms with van der Waals surface area (Å²) in [5, 5.41) is 0. The van der Waals surface area contributed by atoms with E-state index in [-0.39, 0.29) is 23.0 Å². The Morgan fingerprint density at radius 2 is 1.53 bits per heavy atom. The van der Waals surface area contributed by atoms with Gasteiger partial charge in [0.25, 0.3) is 0 Å². The van der Waals surface area contributed by atoms with Crippen LogP contribution in [-0.2, 0) is 0 Å². The molecule has 0 aliphatic carbocycles. The van der Waals surface area contributed by atoms with Crippen LogP contribution in [0, 0.1) is 0 Å². The van der Waals surface area contributed by atoms with E-state index in [2.05, 4.69) is 0 Å². The van der Waals surface area contributed by atoms with E-state index in [0.29, 0.717) is 39.7 Å². The zero-order valence-electron chi connectivity index (χ0n) is 19.0. The molecule has 0 bridgehead atoms. The fourth-order valence-corrected chi connectivity index (χ4v) is 3.45. The lowest BCUT2D eigenvalue weighted by Gasteiger charge is -2.12. The van der Waals surface area contributed by atoms with Crippen molar-refractivity contribution in [2.24, 2.45) is 0 Å². The molecule has 8 nitrogen and oxygen atoms in total. The average Bonchev–Trinajstić information content (AvgIpc) is 3.17. The first-order valence-electron chi connectivity index (χ1n) is 10.2. The number of benzene rings is 3. The lowest BCUT2D eigenvalue weighted by Crippen LogP contribution is -2.08. The molecule has 0 spiro atoms. The Balaban J connectivity index is 1.59. The molecule has 8 heteroatoms. The zero-order chi connectivity index (χ0) is 24.2. The Morgan fingerprint density at radius 3 is 2.24 bits per heavy atom. The van der Waals surface area contributed by atoms with Crippen molar-refractivity contribution in [3.8, 4) is 34.5 Å². The zero-order valence-corrected chi connectivity index (χ0v) is 19.0. The molecule has 0 saturated heterocycles. The quantitative estimate of drug-likeness (QED) is 0.287. The lowest BCUT2D eigenvalue weighted by atomic mass is 10.1. The maximum Gasteiger partial charge on any atom is 0.343 e. The van der Waals surface area contributed by atoms with Crippen molar-refractivity contribution in [1.82, 2.24) is 0 Å². The number of methoxy groups -OCH3 is 4. The van der Waals surface area contributed by atoms with Crippen LogP contribution < -0.4 is 28.4 Å². The van der Waals surface area contributed by atoms with E-state index in [1.165, 1.54) is 40.6 Å². The Labute approximate surface area is 196 Å². The van der Waals surface area contributed by atoms with E-state index >= 15 is 0 Å². The Bertz CT molecular complexity index is 1290. The highest BCUT2D eigenvalue weighted by Gasteiger charge is 2.29. The van der Waals surface area contributed by atoms with Crippen molar-refractivity contribution in [3.05, 3.63) is 77.0 Å². The van der Waals surface area contributed by atoms with Crippen LogP contribution in [0.25, 0.3) is 6.08 Å². The maximum atomic E-state index is 12.9. The number of esters is 1. The van der Waals surface area contributed by atoms with Crippen LogP contribution in [-0.4, -0.2) is 40.2 Å². The number of hydrogen-bond donors (Lipinski definition) is 0. The second kappa shape index (κ2) is 9.58. The second-order valence-corrected chi connectivity index (χ2v) is 7.17. The molecule has 1 aliphatic rings. The number of carbonyl (C=O) groups excluding carboxylic acids is 2. The minimum absolute atomic E-state index is 0.0943. The van der Waals surface area contributed by atoms with Crippen molar-refractivity contribution in [2.45, 2.75) is 0 Å². The lowest BCUT2D eigenvalue weighted by molar-refractivity contribution is 0.0734. The minimum Gasteiger partial charge on any atom is -0.497 e. The van der Waals surface area contributed by atoms with Gasteiger partial charge >= 0.3 is 5.97 Å². The van der Waals surface area contributed by atoms with Gasteiger partial charge in [0, 0.05) is 17.7 Å². The van der Waals surface area contributed by atoms with Gasteiger partial charge in [0.1, 0.15) is 23.0 Å². The van der Waals surface area contributed by atoms with Gasteiger partial charge in [-0.3, -0.25) is 4.79 Å². The van der Waals surface area contributed by atoms with E-state index in [4.69, 9.17) is 28.4 Å². The second-order valence-electron chi connectivity index (χ2n) is 7.17. The smallest absolute Gasteiger partial charge is 0.343 e. The van der Waals surface area contributed by atoms with Crippen molar-refractivity contribution in [1.29, 1.82) is 0 Å². The van der Waals surface area contributed by atoms with Crippen molar-refractivity contribution in [2.75, 3.05) is 28.4 Å². The molecule has 0 radical (unpaired) electrons. The largest absolute Gasteiger partial charge is 0.497 e. The minimum atomic E-state index is -0.561. The van der Waals surface area contributed by atoms with Gasteiger partial charge in [-0.05, 0) is 42.5 Å². The highest BCUT2D eigenvalue weighted by atomic mass is 16.5. The van der Waals surface area contributed by atoms with Gasteiger partial charge in [0.15, 0.2) is 17.3 Å². The fourth-order valence-electron chi connectivity index (χ4n) is 3.45. The van der Waals surface area contributed by atoms with Crippen molar-refractivity contribution < 1.29 is 38.0 Å². The molecular weight excluding hydrogens is 440 g/mol. The standard InChI is InChI=1S/C26H22O8/c1-29-17-7-5-6-15(10-17)26(28)33-18-8-9-19-21(13-18)34-24(25(19)27)12-16-11-22(31-3)23(32-4)14-20(16)30-2/h5-14H,1-4H3. The third-order valence-electron chi connectivity index (χ3n) is 5.18. The molecule has 1 aliphatic heterocycles. The van der Waals surface area contributed by atoms with Crippen LogP contribution in [0.3, 0.4) is 0 Å². The number of ketones is 1. The molecule has 3 aromatic carbocycles. The van der Waals surface area contributed by atoms with Crippen LogP contribution in [0.15, 0.2) is 60.4 Å². The molecular formula is C26H22O8. The van der Waals surface area contributed by atoms with Gasteiger partial charge in [-0.1, -0.05) is 6.07 Å². The predicted octanol–water partition coefficient (Wildman–Crippen LogP) is 4.56. The third kappa shape index (κ3) is 4.38. The first-order chi connectivity index (χ1) is 16.5. The van der Waals surface area contributed by atoms with Gasteiger partial charge in [-0.25, -0.2) is 4.79 Å². The molecule has 0 N–H and O–H groups in total. The van der Waals surface area contributed by atoms with E-state index < -0.39 is 5.97 Å². The summed E-state index contributed by atoms with van der Waals surface area (Å²) in [7, 11) is 6.07. The summed E-state index contributed by atoms with van der Waals surface area (Å²) in [5.74, 6) is 1.73. The van der Waals surface area contributed by atoms with Crippen LogP contribution in [0.2, 0.25) is 0 Å². The van der Waals surface area contributed by atoms with Crippen molar-refractivity contribution >= 4 is 17.8 Å². The van der Waals surface area contributed by atoms with E-state index in [0.717, 1.165) is 0 Å². The van der Waals surface area contributed by atoms with Crippen molar-refractivity contribution in [3.63, 3.8) is 0 Å². The summed E-state index contributed by atoms with van der Waals surface area (Å²) in [5.41, 5.74) is 1.26. The predicted molar refractivity (Wildman–Crippen MR) is 123 cm³/mol. The molecule has 174 valence electrons. The molecule has 0 saturated carbocycles. The Kier molecular flexibility index (Phi) is 6.40. The number of ether oxygens (including phenoxy) is 6. The monoisotopic (exact) mass is 462 g/mol. The number of carbonyl (C=O) groups is 2. The number of allylic oxidation sites excluding steroid dienone is 1. The first kappa shape index (κ1) is 22.7. The molecule has 1 heterocycles. The summed E-state index contributed by atoms with van der Waals surface area (Å²) in [6.07, 6.45) is 1.56. The van der Waals surface area contributed by atoms with Gasteiger partial charge < -0.3 is 28.4 Å². The van der Waals surface area contributed by atoms with Gasteiger partial charge in [0.2, 0.25) is 5.78 Å². The number of rotatable bonds is 7. The normalized spacial score (nSPS) is 13.2. The maximum absolute atomic E-state index is 12.9. The molecule has 0 aromatic heterocycles.